The van der Waals surface area contributed by atoms with Crippen molar-refractivity contribution in [2.45, 2.75) is 29.2 Å². The predicted molar refractivity (Wildman–Crippen MR) is 87.1 cm³/mol. The third-order valence-corrected chi connectivity index (χ3v) is 4.63. The van der Waals surface area contributed by atoms with Crippen molar-refractivity contribution in [1.82, 2.24) is 0 Å². The predicted octanol–water partition coefficient (Wildman–Crippen LogP) is 5.14. The minimum Gasteiger partial charge on any atom is -0.328 e. The molecule has 100 valence electrons. The molecule has 0 fully saturated rings. The van der Waals surface area contributed by atoms with Gasteiger partial charge in [0.05, 0.1) is 5.02 Å². The summed E-state index contributed by atoms with van der Waals surface area (Å²) in [4.78, 5) is 2.24. The van der Waals surface area contributed by atoms with Crippen molar-refractivity contribution in [3.05, 3.63) is 57.5 Å². The van der Waals surface area contributed by atoms with Crippen molar-refractivity contribution in [1.29, 1.82) is 0 Å². The lowest BCUT2D eigenvalue weighted by Gasteiger charge is -2.09. The highest BCUT2D eigenvalue weighted by Gasteiger charge is 2.05. The molecule has 2 aromatic rings. The topological polar surface area (TPSA) is 26.0 Å². The van der Waals surface area contributed by atoms with Crippen LogP contribution < -0.4 is 5.73 Å². The molecule has 2 N–H and O–H groups in total. The minimum atomic E-state index is 0.154. The highest BCUT2D eigenvalue weighted by Crippen LogP contribution is 2.34. The summed E-state index contributed by atoms with van der Waals surface area (Å²) in [6.45, 7) is 2.00. The van der Waals surface area contributed by atoms with Crippen LogP contribution in [0.4, 0.5) is 0 Å². The summed E-state index contributed by atoms with van der Waals surface area (Å²) in [7, 11) is 0. The Kier molecular flexibility index (Phi) is 5.34. The molecule has 19 heavy (non-hydrogen) atoms. The largest absolute Gasteiger partial charge is 0.328 e. The van der Waals surface area contributed by atoms with Crippen molar-refractivity contribution >= 4 is 39.3 Å². The molecular formula is C15H15BrClNS. The summed E-state index contributed by atoms with van der Waals surface area (Å²) < 4.78 is 1.08. The van der Waals surface area contributed by atoms with Crippen LogP contribution in [-0.4, -0.2) is 6.04 Å². The van der Waals surface area contributed by atoms with Gasteiger partial charge in [-0.25, -0.2) is 0 Å². The smallest absolute Gasteiger partial charge is 0.0548 e. The fourth-order valence-corrected chi connectivity index (χ4v) is 3.16. The molecule has 0 heterocycles. The standard InChI is InChI=1S/C15H15BrClNS/c1-10(18)8-11-2-7-15(14(17)9-11)19-13-5-3-12(16)4-6-13/h2-7,9-10H,8,18H2,1H3. The second kappa shape index (κ2) is 6.80. The van der Waals surface area contributed by atoms with E-state index in [4.69, 9.17) is 17.3 Å². The first kappa shape index (κ1) is 14.9. The first-order valence-electron chi connectivity index (χ1n) is 6.02. The summed E-state index contributed by atoms with van der Waals surface area (Å²) in [6, 6.07) is 14.5. The highest BCUT2D eigenvalue weighted by molar-refractivity contribution is 9.10. The van der Waals surface area contributed by atoms with Gasteiger partial charge in [0.25, 0.3) is 0 Å². The summed E-state index contributed by atoms with van der Waals surface area (Å²) in [6.07, 6.45) is 0.850. The number of hydrogen-bond acceptors (Lipinski definition) is 2. The third kappa shape index (κ3) is 4.53. The van der Waals surface area contributed by atoms with E-state index in [9.17, 15) is 0 Å². The third-order valence-electron chi connectivity index (χ3n) is 2.60. The normalized spacial score (nSPS) is 12.4. The van der Waals surface area contributed by atoms with Crippen molar-refractivity contribution < 1.29 is 0 Å². The van der Waals surface area contributed by atoms with Crippen molar-refractivity contribution in [3.8, 4) is 0 Å². The van der Waals surface area contributed by atoms with Gasteiger partial charge in [-0.1, -0.05) is 45.4 Å². The van der Waals surface area contributed by atoms with Gasteiger partial charge in [0.2, 0.25) is 0 Å². The maximum atomic E-state index is 6.32. The van der Waals surface area contributed by atoms with E-state index in [2.05, 4.69) is 40.2 Å². The van der Waals surface area contributed by atoms with E-state index in [-0.39, 0.29) is 6.04 Å². The molecule has 0 aliphatic rings. The number of halogens is 2. The number of rotatable bonds is 4. The van der Waals surface area contributed by atoms with Crippen molar-refractivity contribution in [3.63, 3.8) is 0 Å². The molecule has 0 spiro atoms. The molecule has 0 amide bonds. The van der Waals surface area contributed by atoms with E-state index in [1.165, 1.54) is 10.5 Å². The summed E-state index contributed by atoms with van der Waals surface area (Å²) >= 11 is 11.4. The molecule has 2 aromatic carbocycles. The second-order valence-corrected chi connectivity index (χ2v) is 6.94. The summed E-state index contributed by atoms with van der Waals surface area (Å²) in [5.41, 5.74) is 6.98. The van der Waals surface area contributed by atoms with Crippen LogP contribution in [0.25, 0.3) is 0 Å². The van der Waals surface area contributed by atoms with Gasteiger partial charge < -0.3 is 5.73 Å². The molecule has 0 aliphatic heterocycles. The number of hydrogen-bond donors (Lipinski definition) is 1. The molecular weight excluding hydrogens is 342 g/mol. The quantitative estimate of drug-likeness (QED) is 0.820. The Hall–Kier alpha value is -0.480. The molecule has 0 saturated carbocycles. The van der Waals surface area contributed by atoms with Crippen LogP contribution in [0, 0.1) is 0 Å². The SMILES string of the molecule is CC(N)Cc1ccc(Sc2ccc(Br)cc2)c(Cl)c1. The van der Waals surface area contributed by atoms with Crippen LogP contribution in [-0.2, 0) is 6.42 Å². The molecule has 1 nitrogen and oxygen atoms in total. The number of nitrogens with two attached hydrogens (primary N) is 1. The molecule has 0 bridgehead atoms. The zero-order valence-electron chi connectivity index (χ0n) is 10.6. The summed E-state index contributed by atoms with van der Waals surface area (Å²) in [5, 5.41) is 0.783. The van der Waals surface area contributed by atoms with Crippen molar-refractivity contribution in [2.24, 2.45) is 5.73 Å². The zero-order chi connectivity index (χ0) is 13.8. The Bertz CT molecular complexity index is 555. The van der Waals surface area contributed by atoms with E-state index in [1.54, 1.807) is 11.8 Å². The Balaban J connectivity index is 2.15. The lowest BCUT2D eigenvalue weighted by molar-refractivity contribution is 0.738. The first-order valence-corrected chi connectivity index (χ1v) is 8.01. The average Bonchev–Trinajstić information content (AvgIpc) is 2.34. The Labute approximate surface area is 131 Å². The van der Waals surface area contributed by atoms with Gasteiger partial charge in [0.15, 0.2) is 0 Å². The highest BCUT2D eigenvalue weighted by atomic mass is 79.9. The van der Waals surface area contributed by atoms with Gasteiger partial charge in [-0.3, -0.25) is 0 Å². The van der Waals surface area contributed by atoms with E-state index in [0.717, 1.165) is 20.8 Å². The maximum Gasteiger partial charge on any atom is 0.0548 e. The van der Waals surface area contributed by atoms with Gasteiger partial charge in [-0.2, -0.15) is 0 Å². The van der Waals surface area contributed by atoms with Gasteiger partial charge >= 0.3 is 0 Å². The Morgan fingerprint density at radius 1 is 1.21 bits per heavy atom. The molecule has 0 aliphatic carbocycles. The van der Waals surface area contributed by atoms with Crippen LogP contribution in [0.2, 0.25) is 5.02 Å². The number of benzene rings is 2. The van der Waals surface area contributed by atoms with Crippen LogP contribution in [0.5, 0.6) is 0 Å². The van der Waals surface area contributed by atoms with Gasteiger partial charge in [0, 0.05) is 20.3 Å². The van der Waals surface area contributed by atoms with Crippen LogP contribution in [0.1, 0.15) is 12.5 Å². The van der Waals surface area contributed by atoms with Gasteiger partial charge in [-0.05, 0) is 55.3 Å². The molecule has 0 saturated heterocycles. The van der Waals surface area contributed by atoms with Crippen molar-refractivity contribution in [2.75, 3.05) is 0 Å². The Morgan fingerprint density at radius 2 is 1.89 bits per heavy atom. The summed E-state index contributed by atoms with van der Waals surface area (Å²) in [5.74, 6) is 0. The fraction of sp³-hybridized carbons (Fsp3) is 0.200. The maximum absolute atomic E-state index is 6.32. The van der Waals surface area contributed by atoms with Gasteiger partial charge in [-0.15, -0.1) is 0 Å². The second-order valence-electron chi connectivity index (χ2n) is 4.50. The molecule has 1 atom stereocenters. The van der Waals surface area contributed by atoms with E-state index in [0.29, 0.717) is 0 Å². The molecule has 1 unspecified atom stereocenters. The molecule has 0 radical (unpaired) electrons. The van der Waals surface area contributed by atoms with E-state index in [1.807, 2.05) is 25.1 Å². The lowest BCUT2D eigenvalue weighted by atomic mass is 10.1. The fourth-order valence-electron chi connectivity index (χ4n) is 1.76. The lowest BCUT2D eigenvalue weighted by Crippen LogP contribution is -2.17. The minimum absolute atomic E-state index is 0.154. The van der Waals surface area contributed by atoms with Crippen LogP contribution >= 0.6 is 39.3 Å². The first-order chi connectivity index (χ1) is 9.04. The van der Waals surface area contributed by atoms with E-state index < -0.39 is 0 Å². The van der Waals surface area contributed by atoms with Crippen LogP contribution in [0.3, 0.4) is 0 Å². The van der Waals surface area contributed by atoms with Gasteiger partial charge in [0.1, 0.15) is 0 Å². The molecule has 4 heteroatoms. The average molecular weight is 357 g/mol. The Morgan fingerprint density at radius 3 is 2.47 bits per heavy atom. The van der Waals surface area contributed by atoms with Crippen LogP contribution in [0.15, 0.2) is 56.7 Å². The molecule has 0 aromatic heterocycles. The van der Waals surface area contributed by atoms with E-state index >= 15 is 0 Å². The monoisotopic (exact) mass is 355 g/mol. The zero-order valence-corrected chi connectivity index (χ0v) is 13.7. The molecule has 2 rings (SSSR count).